The maximum Gasteiger partial charge on any atom is 0.101 e. The Morgan fingerprint density at radius 1 is 1.88 bits per heavy atom. The van der Waals surface area contributed by atoms with Crippen molar-refractivity contribution < 1.29 is 0 Å². The maximum absolute atomic E-state index is 8.26. The number of hydrogen-bond acceptors (Lipinski definition) is 2. The Balaban J connectivity index is 3.05. The van der Waals surface area contributed by atoms with Crippen LogP contribution in [-0.4, -0.2) is 0 Å². The van der Waals surface area contributed by atoms with Gasteiger partial charge in [0.2, 0.25) is 0 Å². The maximum atomic E-state index is 8.26. The molecule has 0 saturated carbocycles. The zero-order chi connectivity index (χ0) is 5.98. The lowest BCUT2D eigenvalue weighted by molar-refractivity contribution is 1.50. The van der Waals surface area contributed by atoms with Crippen LogP contribution in [0.2, 0.25) is 0 Å². The Kier molecular flexibility index (Phi) is 1.66. The zero-order valence-electron chi connectivity index (χ0n) is 3.81. The van der Waals surface area contributed by atoms with Crippen LogP contribution in [0.15, 0.2) is 9.85 Å². The minimum atomic E-state index is 0.599. The fourth-order valence-corrected chi connectivity index (χ4v) is 1.29. The molecule has 0 amide bonds. The van der Waals surface area contributed by atoms with Crippen LogP contribution in [0.5, 0.6) is 0 Å². The Morgan fingerprint density at radius 2 is 2.62 bits per heavy atom. The van der Waals surface area contributed by atoms with Gasteiger partial charge >= 0.3 is 0 Å². The monoisotopic (exact) mass is 186 g/mol. The molecule has 0 atom stereocenters. The number of halogens is 1. The van der Waals surface area contributed by atoms with E-state index in [1.807, 2.05) is 6.07 Å². The number of rotatable bonds is 0. The summed E-state index contributed by atoms with van der Waals surface area (Å²) in [6, 6.07) is 3.71. The molecular formula is C5HBrNS. The van der Waals surface area contributed by atoms with Gasteiger partial charge < -0.3 is 0 Å². The van der Waals surface area contributed by atoms with Crippen molar-refractivity contribution in [3.8, 4) is 6.07 Å². The molecule has 0 unspecified atom stereocenters. The van der Waals surface area contributed by atoms with Gasteiger partial charge in [0.05, 0.1) is 14.7 Å². The van der Waals surface area contributed by atoms with E-state index >= 15 is 0 Å². The van der Waals surface area contributed by atoms with Crippen LogP contribution in [0.4, 0.5) is 0 Å². The largest absolute Gasteiger partial charge is 0.192 e. The minimum absolute atomic E-state index is 0.599. The van der Waals surface area contributed by atoms with Gasteiger partial charge in [-0.1, -0.05) is 0 Å². The van der Waals surface area contributed by atoms with Crippen molar-refractivity contribution in [1.82, 2.24) is 0 Å². The third-order valence-corrected chi connectivity index (χ3v) is 1.99. The molecule has 1 heterocycles. The van der Waals surface area contributed by atoms with Crippen molar-refractivity contribution in [2.75, 3.05) is 0 Å². The fourth-order valence-electron chi connectivity index (χ4n) is 0.331. The molecule has 1 radical (unpaired) electrons. The first-order chi connectivity index (χ1) is 3.83. The molecule has 0 aliphatic rings. The second-order valence-electron chi connectivity index (χ2n) is 1.18. The molecular weight excluding hydrogens is 186 g/mol. The molecule has 1 aromatic heterocycles. The quantitative estimate of drug-likeness (QED) is 0.610. The van der Waals surface area contributed by atoms with Gasteiger partial charge in [-0.3, -0.25) is 0 Å². The van der Waals surface area contributed by atoms with E-state index in [9.17, 15) is 0 Å². The summed E-state index contributed by atoms with van der Waals surface area (Å²) in [5.74, 6) is 0. The van der Waals surface area contributed by atoms with Gasteiger partial charge in [-0.2, -0.15) is 5.26 Å². The van der Waals surface area contributed by atoms with E-state index in [1.165, 1.54) is 11.3 Å². The van der Waals surface area contributed by atoms with Gasteiger partial charge in [0.25, 0.3) is 0 Å². The Hall–Kier alpha value is -0.330. The van der Waals surface area contributed by atoms with Crippen LogP contribution >= 0.6 is 27.3 Å². The molecule has 3 heteroatoms. The van der Waals surface area contributed by atoms with Crippen molar-refractivity contribution in [3.63, 3.8) is 0 Å². The summed E-state index contributed by atoms with van der Waals surface area (Å²) in [5.41, 5.74) is 0.599. The fraction of sp³-hybridized carbons (Fsp3) is 0. The normalized spacial score (nSPS) is 8.50. The van der Waals surface area contributed by atoms with E-state index in [4.69, 9.17) is 5.26 Å². The second kappa shape index (κ2) is 2.29. The van der Waals surface area contributed by atoms with Crippen LogP contribution in [0.1, 0.15) is 5.56 Å². The van der Waals surface area contributed by atoms with E-state index in [-0.39, 0.29) is 0 Å². The van der Waals surface area contributed by atoms with Crippen molar-refractivity contribution in [3.05, 3.63) is 20.8 Å². The molecule has 1 nitrogen and oxygen atoms in total. The summed E-state index contributed by atoms with van der Waals surface area (Å²) in [4.78, 5) is 0. The smallest absolute Gasteiger partial charge is 0.101 e. The first-order valence-electron chi connectivity index (χ1n) is 1.90. The number of hydrogen-bond donors (Lipinski definition) is 0. The molecule has 0 N–H and O–H groups in total. The van der Waals surface area contributed by atoms with E-state index in [0.29, 0.717) is 5.56 Å². The van der Waals surface area contributed by atoms with Crippen LogP contribution in [0.25, 0.3) is 0 Å². The molecule has 0 bridgehead atoms. The lowest BCUT2D eigenvalue weighted by atomic mass is 10.4. The molecule has 0 fully saturated rings. The summed E-state index contributed by atoms with van der Waals surface area (Å²) < 4.78 is 0.953. The average molecular weight is 187 g/mol. The summed E-state index contributed by atoms with van der Waals surface area (Å²) in [6.07, 6.45) is 0. The molecule has 1 aromatic rings. The minimum Gasteiger partial charge on any atom is -0.192 e. The molecule has 0 saturated heterocycles. The molecule has 0 spiro atoms. The number of thiophene rings is 1. The summed E-state index contributed by atoms with van der Waals surface area (Å²) in [6.45, 7) is 0. The second-order valence-corrected chi connectivity index (χ2v) is 3.41. The molecule has 8 heavy (non-hydrogen) atoms. The van der Waals surface area contributed by atoms with Crippen molar-refractivity contribution in [2.24, 2.45) is 0 Å². The molecule has 0 aliphatic heterocycles. The zero-order valence-corrected chi connectivity index (χ0v) is 6.21. The predicted octanol–water partition coefficient (Wildman–Crippen LogP) is 2.18. The van der Waals surface area contributed by atoms with E-state index in [0.717, 1.165) is 3.79 Å². The molecule has 0 aromatic carbocycles. The predicted molar refractivity (Wildman–Crippen MR) is 35.6 cm³/mol. The van der Waals surface area contributed by atoms with E-state index < -0.39 is 0 Å². The third-order valence-electron chi connectivity index (χ3n) is 0.637. The van der Waals surface area contributed by atoms with Gasteiger partial charge in [-0.05, 0) is 22.0 Å². The summed E-state index contributed by atoms with van der Waals surface area (Å²) in [5, 5.41) is 11.0. The SMILES string of the molecule is N#Cc1[c]sc(Br)c1. The van der Waals surface area contributed by atoms with Crippen molar-refractivity contribution >= 4 is 27.3 Å². The van der Waals surface area contributed by atoms with Crippen molar-refractivity contribution in [1.29, 1.82) is 5.26 Å². The van der Waals surface area contributed by atoms with Gasteiger partial charge in [-0.25, -0.2) is 0 Å². The highest BCUT2D eigenvalue weighted by Crippen LogP contribution is 2.18. The van der Waals surface area contributed by atoms with Crippen LogP contribution in [-0.2, 0) is 0 Å². The third kappa shape index (κ3) is 1.09. The average Bonchev–Trinajstić information content (AvgIpc) is 2.14. The summed E-state index contributed by atoms with van der Waals surface area (Å²) >= 11 is 4.61. The van der Waals surface area contributed by atoms with E-state index in [1.54, 1.807) is 6.07 Å². The van der Waals surface area contributed by atoms with Gasteiger partial charge in [0.1, 0.15) is 6.07 Å². The van der Waals surface area contributed by atoms with Gasteiger partial charge in [-0.15, -0.1) is 11.3 Å². The molecule has 0 aliphatic carbocycles. The number of nitrogens with zero attached hydrogens (tertiary/aromatic N) is 1. The molecule has 1 rings (SSSR count). The van der Waals surface area contributed by atoms with Gasteiger partial charge in [0.15, 0.2) is 0 Å². The van der Waals surface area contributed by atoms with E-state index in [2.05, 4.69) is 21.3 Å². The molecule has 39 valence electrons. The summed E-state index contributed by atoms with van der Waals surface area (Å²) in [7, 11) is 0. The highest BCUT2D eigenvalue weighted by Gasteiger charge is 1.92. The number of nitriles is 1. The lowest BCUT2D eigenvalue weighted by Crippen LogP contribution is -1.56. The van der Waals surface area contributed by atoms with Crippen LogP contribution in [0, 0.1) is 16.7 Å². The lowest BCUT2D eigenvalue weighted by Gasteiger charge is -1.65. The van der Waals surface area contributed by atoms with Gasteiger partial charge in [0, 0.05) is 0 Å². The Labute approximate surface area is 59.7 Å². The van der Waals surface area contributed by atoms with Crippen LogP contribution in [0.3, 0.4) is 0 Å². The highest BCUT2D eigenvalue weighted by atomic mass is 79.9. The highest BCUT2D eigenvalue weighted by molar-refractivity contribution is 9.11. The Bertz CT molecular complexity index is 223. The van der Waals surface area contributed by atoms with Crippen molar-refractivity contribution in [2.45, 2.75) is 0 Å². The standard InChI is InChI=1S/C5HBrNS/c6-5-1-4(2-7)3-8-5/h1H. The van der Waals surface area contributed by atoms with Crippen LogP contribution < -0.4 is 0 Å². The first kappa shape index (κ1) is 5.80. The topological polar surface area (TPSA) is 23.8 Å². The first-order valence-corrected chi connectivity index (χ1v) is 3.51. The Morgan fingerprint density at radius 3 is 2.88 bits per heavy atom.